The van der Waals surface area contributed by atoms with Crippen LogP contribution in [-0.4, -0.2) is 42.2 Å². The normalized spacial score (nSPS) is 10.4. The SMILES string of the molecule is CCOc1ccc(C(=O)CCC(=O)N(CC)CC(=O)Nc2c(Cl)cccc2Cl)cc1. The maximum atomic E-state index is 12.5. The van der Waals surface area contributed by atoms with E-state index in [2.05, 4.69) is 5.32 Å². The molecule has 6 nitrogen and oxygen atoms in total. The third kappa shape index (κ3) is 6.75. The Kier molecular flexibility index (Phi) is 9.15. The number of hydrogen-bond acceptors (Lipinski definition) is 4. The first-order valence-corrected chi connectivity index (χ1v) is 10.4. The van der Waals surface area contributed by atoms with Crippen LogP contribution in [0.25, 0.3) is 0 Å². The van der Waals surface area contributed by atoms with Gasteiger partial charge in [0.2, 0.25) is 11.8 Å². The Bertz CT molecular complexity index is 880. The van der Waals surface area contributed by atoms with Crippen LogP contribution < -0.4 is 10.1 Å². The molecule has 0 atom stereocenters. The number of anilines is 1. The van der Waals surface area contributed by atoms with Crippen molar-refractivity contribution in [3.8, 4) is 5.75 Å². The van der Waals surface area contributed by atoms with Gasteiger partial charge in [-0.2, -0.15) is 0 Å². The molecule has 2 amide bonds. The summed E-state index contributed by atoms with van der Waals surface area (Å²) in [7, 11) is 0. The molecule has 0 radical (unpaired) electrons. The largest absolute Gasteiger partial charge is 0.494 e. The van der Waals surface area contributed by atoms with Gasteiger partial charge in [-0.3, -0.25) is 14.4 Å². The van der Waals surface area contributed by atoms with Crippen molar-refractivity contribution in [2.24, 2.45) is 0 Å². The lowest BCUT2D eigenvalue weighted by Gasteiger charge is -2.20. The van der Waals surface area contributed by atoms with E-state index in [-0.39, 0.29) is 31.1 Å². The van der Waals surface area contributed by atoms with Gasteiger partial charge in [0.25, 0.3) is 0 Å². The van der Waals surface area contributed by atoms with E-state index in [1.54, 1.807) is 49.4 Å². The van der Waals surface area contributed by atoms with Crippen molar-refractivity contribution in [2.75, 3.05) is 25.0 Å². The third-order valence-electron chi connectivity index (χ3n) is 4.35. The van der Waals surface area contributed by atoms with Crippen LogP contribution in [0.1, 0.15) is 37.0 Å². The van der Waals surface area contributed by atoms with Crippen LogP contribution in [0.4, 0.5) is 5.69 Å². The molecule has 0 unspecified atom stereocenters. The Hall–Kier alpha value is -2.57. The lowest BCUT2D eigenvalue weighted by atomic mass is 10.1. The maximum absolute atomic E-state index is 12.5. The first kappa shape index (κ1) is 23.7. The summed E-state index contributed by atoms with van der Waals surface area (Å²) < 4.78 is 5.35. The number of rotatable bonds is 10. The molecule has 0 aliphatic rings. The van der Waals surface area contributed by atoms with Gasteiger partial charge in [-0.05, 0) is 50.2 Å². The molecule has 0 spiro atoms. The number of benzene rings is 2. The molecule has 0 aliphatic heterocycles. The van der Waals surface area contributed by atoms with Crippen molar-refractivity contribution in [3.05, 3.63) is 58.1 Å². The van der Waals surface area contributed by atoms with E-state index >= 15 is 0 Å². The molecule has 0 aromatic heterocycles. The molecule has 30 heavy (non-hydrogen) atoms. The van der Waals surface area contributed by atoms with E-state index in [1.807, 2.05) is 6.92 Å². The zero-order valence-electron chi connectivity index (χ0n) is 16.9. The average Bonchev–Trinajstić information content (AvgIpc) is 2.73. The minimum absolute atomic E-state index is 0.0139. The number of nitrogens with zero attached hydrogens (tertiary/aromatic N) is 1. The number of carbonyl (C=O) groups excluding carboxylic acids is 3. The number of nitrogens with one attached hydrogen (secondary N) is 1. The Morgan fingerprint density at radius 3 is 2.17 bits per heavy atom. The molecule has 160 valence electrons. The second kappa shape index (κ2) is 11.6. The highest BCUT2D eigenvalue weighted by Crippen LogP contribution is 2.29. The maximum Gasteiger partial charge on any atom is 0.244 e. The van der Waals surface area contributed by atoms with Crippen molar-refractivity contribution in [1.29, 1.82) is 0 Å². The zero-order chi connectivity index (χ0) is 22.1. The number of ether oxygens (including phenoxy) is 1. The average molecular weight is 451 g/mol. The van der Waals surface area contributed by atoms with E-state index < -0.39 is 5.91 Å². The van der Waals surface area contributed by atoms with Crippen LogP contribution >= 0.6 is 23.2 Å². The van der Waals surface area contributed by atoms with E-state index in [4.69, 9.17) is 27.9 Å². The first-order chi connectivity index (χ1) is 14.3. The molecule has 0 aliphatic carbocycles. The van der Waals surface area contributed by atoms with Gasteiger partial charge in [-0.1, -0.05) is 29.3 Å². The standard InChI is InChI=1S/C22H24Cl2N2O4/c1-3-26(14-20(28)25-22-17(23)6-5-7-18(22)24)21(29)13-12-19(27)15-8-10-16(11-9-15)30-4-2/h5-11H,3-4,12-14H2,1-2H3,(H,25,28). The number of hydrogen-bond donors (Lipinski definition) is 1. The smallest absolute Gasteiger partial charge is 0.244 e. The number of carbonyl (C=O) groups is 3. The third-order valence-corrected chi connectivity index (χ3v) is 4.98. The number of para-hydroxylation sites is 1. The lowest BCUT2D eigenvalue weighted by Crippen LogP contribution is -2.38. The molecule has 0 heterocycles. The molecule has 2 rings (SSSR count). The Labute approximate surface area is 186 Å². The molecule has 2 aromatic carbocycles. The zero-order valence-corrected chi connectivity index (χ0v) is 18.4. The Balaban J connectivity index is 1.89. The van der Waals surface area contributed by atoms with E-state index in [1.165, 1.54) is 4.90 Å². The predicted octanol–water partition coefficient (Wildman–Crippen LogP) is 4.84. The fourth-order valence-corrected chi connectivity index (χ4v) is 3.26. The summed E-state index contributed by atoms with van der Waals surface area (Å²) in [6, 6.07) is 11.7. The molecule has 0 saturated heterocycles. The Morgan fingerprint density at radius 2 is 1.60 bits per heavy atom. The van der Waals surface area contributed by atoms with E-state index in [9.17, 15) is 14.4 Å². The van der Waals surface area contributed by atoms with Gasteiger partial charge in [0.15, 0.2) is 5.78 Å². The minimum atomic E-state index is -0.418. The molecule has 0 bridgehead atoms. The van der Waals surface area contributed by atoms with Crippen LogP contribution in [-0.2, 0) is 9.59 Å². The summed E-state index contributed by atoms with van der Waals surface area (Å²) >= 11 is 12.1. The summed E-state index contributed by atoms with van der Waals surface area (Å²) in [6.07, 6.45) is 0.0707. The van der Waals surface area contributed by atoms with Crippen molar-refractivity contribution in [1.82, 2.24) is 4.90 Å². The summed E-state index contributed by atoms with van der Waals surface area (Å²) in [5.41, 5.74) is 0.820. The summed E-state index contributed by atoms with van der Waals surface area (Å²) in [5, 5.41) is 3.25. The highest BCUT2D eigenvalue weighted by molar-refractivity contribution is 6.39. The highest BCUT2D eigenvalue weighted by Gasteiger charge is 2.18. The van der Waals surface area contributed by atoms with Crippen LogP contribution in [0.3, 0.4) is 0 Å². The van der Waals surface area contributed by atoms with Gasteiger partial charge in [-0.25, -0.2) is 0 Å². The molecule has 0 fully saturated rings. The van der Waals surface area contributed by atoms with Crippen molar-refractivity contribution >= 4 is 46.5 Å². The van der Waals surface area contributed by atoms with Gasteiger partial charge in [0, 0.05) is 24.9 Å². The monoisotopic (exact) mass is 450 g/mol. The predicted molar refractivity (Wildman–Crippen MR) is 119 cm³/mol. The second-order valence-electron chi connectivity index (χ2n) is 6.43. The minimum Gasteiger partial charge on any atom is -0.494 e. The quantitative estimate of drug-likeness (QED) is 0.525. The lowest BCUT2D eigenvalue weighted by molar-refractivity contribution is -0.134. The van der Waals surface area contributed by atoms with Crippen LogP contribution in [0.15, 0.2) is 42.5 Å². The molecule has 1 N–H and O–H groups in total. The second-order valence-corrected chi connectivity index (χ2v) is 7.25. The van der Waals surface area contributed by atoms with Crippen LogP contribution in [0.2, 0.25) is 10.0 Å². The molecule has 8 heteroatoms. The van der Waals surface area contributed by atoms with Gasteiger partial charge < -0.3 is 15.0 Å². The molecule has 2 aromatic rings. The summed E-state index contributed by atoms with van der Waals surface area (Å²) in [4.78, 5) is 38.6. The Morgan fingerprint density at radius 1 is 0.967 bits per heavy atom. The molecular formula is C22H24Cl2N2O4. The molecular weight excluding hydrogens is 427 g/mol. The van der Waals surface area contributed by atoms with Crippen LogP contribution in [0.5, 0.6) is 5.75 Å². The first-order valence-electron chi connectivity index (χ1n) is 9.63. The van der Waals surface area contributed by atoms with E-state index in [0.717, 1.165) is 0 Å². The van der Waals surface area contributed by atoms with Crippen molar-refractivity contribution in [2.45, 2.75) is 26.7 Å². The fraction of sp³-hybridized carbons (Fsp3) is 0.318. The highest BCUT2D eigenvalue weighted by atomic mass is 35.5. The van der Waals surface area contributed by atoms with Crippen molar-refractivity contribution in [3.63, 3.8) is 0 Å². The summed E-state index contributed by atoms with van der Waals surface area (Å²) in [5.74, 6) is -0.156. The van der Waals surface area contributed by atoms with Gasteiger partial charge >= 0.3 is 0 Å². The summed E-state index contributed by atoms with van der Waals surface area (Å²) in [6.45, 7) is 4.37. The van der Waals surface area contributed by atoms with Crippen LogP contribution in [0, 0.1) is 0 Å². The number of Topliss-reactive ketones (excluding diaryl/α,β-unsaturated/α-hetero) is 1. The number of ketones is 1. The number of amides is 2. The topological polar surface area (TPSA) is 75.7 Å². The van der Waals surface area contributed by atoms with Gasteiger partial charge in [-0.15, -0.1) is 0 Å². The number of halogens is 2. The van der Waals surface area contributed by atoms with E-state index in [0.29, 0.717) is 40.2 Å². The molecule has 0 saturated carbocycles. The van der Waals surface area contributed by atoms with Gasteiger partial charge in [0.05, 0.1) is 28.9 Å². The van der Waals surface area contributed by atoms with Crippen molar-refractivity contribution < 1.29 is 19.1 Å². The number of likely N-dealkylation sites (N-methyl/N-ethyl adjacent to an activating group) is 1. The fourth-order valence-electron chi connectivity index (χ4n) is 2.77. The van der Waals surface area contributed by atoms with Gasteiger partial charge in [0.1, 0.15) is 5.75 Å².